The number of rotatable bonds is 9. The van der Waals surface area contributed by atoms with E-state index in [1.165, 1.54) is 36.4 Å². The number of hydrogen-bond acceptors (Lipinski definition) is 4. The molecule has 0 spiro atoms. The quantitative estimate of drug-likeness (QED) is 0.454. The summed E-state index contributed by atoms with van der Waals surface area (Å²) in [5.74, 6) is -0.610. The SMILES string of the molecule is O=C(NC(Cc1ccccc1)C(=O)NC1CC1)c1ccc(NS(=O)(=O)c2ccccc2)cc1. The smallest absolute Gasteiger partial charge is 0.261 e. The Hall–Kier alpha value is -3.65. The van der Waals surface area contributed by atoms with E-state index in [4.69, 9.17) is 0 Å². The Labute approximate surface area is 193 Å². The lowest BCUT2D eigenvalue weighted by molar-refractivity contribution is -0.123. The number of carbonyl (C=O) groups is 2. The molecule has 0 bridgehead atoms. The van der Waals surface area contributed by atoms with E-state index in [0.29, 0.717) is 17.7 Å². The van der Waals surface area contributed by atoms with E-state index in [1.807, 2.05) is 30.3 Å². The zero-order valence-electron chi connectivity index (χ0n) is 17.9. The maximum absolute atomic E-state index is 12.8. The number of sulfonamides is 1. The van der Waals surface area contributed by atoms with Crippen molar-refractivity contribution in [2.75, 3.05) is 4.72 Å². The van der Waals surface area contributed by atoms with Crippen LogP contribution in [-0.2, 0) is 21.2 Å². The van der Waals surface area contributed by atoms with Gasteiger partial charge in [-0.25, -0.2) is 8.42 Å². The molecule has 1 unspecified atom stereocenters. The van der Waals surface area contributed by atoms with Crippen molar-refractivity contribution in [2.45, 2.75) is 36.2 Å². The normalized spacial score (nSPS) is 14.2. The zero-order chi connectivity index (χ0) is 23.3. The summed E-state index contributed by atoms with van der Waals surface area (Å²) < 4.78 is 27.4. The van der Waals surface area contributed by atoms with Crippen molar-refractivity contribution in [1.29, 1.82) is 0 Å². The second kappa shape index (κ2) is 9.87. The second-order valence-corrected chi connectivity index (χ2v) is 9.68. The van der Waals surface area contributed by atoms with Gasteiger partial charge >= 0.3 is 0 Å². The highest BCUT2D eigenvalue weighted by atomic mass is 32.2. The van der Waals surface area contributed by atoms with Gasteiger partial charge in [0.15, 0.2) is 0 Å². The maximum atomic E-state index is 12.8. The van der Waals surface area contributed by atoms with Crippen LogP contribution in [0.4, 0.5) is 5.69 Å². The first-order chi connectivity index (χ1) is 15.9. The molecule has 7 nitrogen and oxygen atoms in total. The van der Waals surface area contributed by atoms with Crippen LogP contribution in [0.15, 0.2) is 89.8 Å². The highest BCUT2D eigenvalue weighted by molar-refractivity contribution is 7.92. The molecule has 1 saturated carbocycles. The molecule has 33 heavy (non-hydrogen) atoms. The zero-order valence-corrected chi connectivity index (χ0v) is 18.7. The summed E-state index contributed by atoms with van der Waals surface area (Å²) in [7, 11) is -3.72. The Morgan fingerprint density at radius 3 is 2.06 bits per heavy atom. The summed E-state index contributed by atoms with van der Waals surface area (Å²) in [4.78, 5) is 25.7. The van der Waals surface area contributed by atoms with E-state index in [1.54, 1.807) is 18.2 Å². The van der Waals surface area contributed by atoms with Gasteiger partial charge in [0.05, 0.1) is 4.90 Å². The third-order valence-corrected chi connectivity index (χ3v) is 6.68. The number of nitrogens with one attached hydrogen (secondary N) is 3. The molecule has 1 atom stereocenters. The monoisotopic (exact) mass is 463 g/mol. The van der Waals surface area contributed by atoms with Gasteiger partial charge in [0.25, 0.3) is 15.9 Å². The molecule has 2 amide bonds. The van der Waals surface area contributed by atoms with E-state index in [9.17, 15) is 18.0 Å². The molecule has 1 aliphatic carbocycles. The highest BCUT2D eigenvalue weighted by Crippen LogP contribution is 2.19. The second-order valence-electron chi connectivity index (χ2n) is 7.99. The molecule has 3 aromatic carbocycles. The van der Waals surface area contributed by atoms with Gasteiger partial charge in [0.1, 0.15) is 6.04 Å². The van der Waals surface area contributed by atoms with Crippen molar-refractivity contribution in [2.24, 2.45) is 0 Å². The van der Waals surface area contributed by atoms with Crippen LogP contribution in [0.1, 0.15) is 28.8 Å². The van der Waals surface area contributed by atoms with E-state index in [-0.39, 0.29) is 16.8 Å². The number of amides is 2. The standard InChI is InChI=1S/C25H25N3O4S/c29-24(27-23(25(30)26-20-15-16-20)17-18-7-3-1-4-8-18)19-11-13-21(14-12-19)28-33(31,32)22-9-5-2-6-10-22/h1-14,20,23,28H,15-17H2,(H,26,30)(H,27,29). The van der Waals surface area contributed by atoms with Crippen molar-refractivity contribution in [1.82, 2.24) is 10.6 Å². The van der Waals surface area contributed by atoms with Gasteiger partial charge in [-0.2, -0.15) is 0 Å². The minimum Gasteiger partial charge on any atom is -0.352 e. The summed E-state index contributed by atoms with van der Waals surface area (Å²) in [6.07, 6.45) is 2.29. The highest BCUT2D eigenvalue weighted by Gasteiger charge is 2.28. The Kier molecular flexibility index (Phi) is 6.74. The molecule has 0 radical (unpaired) electrons. The van der Waals surface area contributed by atoms with Gasteiger partial charge in [-0.3, -0.25) is 14.3 Å². The molecule has 1 aliphatic rings. The number of anilines is 1. The van der Waals surface area contributed by atoms with Gasteiger partial charge in [0, 0.05) is 23.7 Å². The third-order valence-electron chi connectivity index (χ3n) is 5.28. The molecule has 8 heteroatoms. The van der Waals surface area contributed by atoms with Crippen LogP contribution >= 0.6 is 0 Å². The predicted octanol–water partition coefficient (Wildman–Crippen LogP) is 3.11. The van der Waals surface area contributed by atoms with Crippen molar-refractivity contribution in [3.63, 3.8) is 0 Å². The van der Waals surface area contributed by atoms with Gasteiger partial charge in [0.2, 0.25) is 5.91 Å². The van der Waals surface area contributed by atoms with Crippen LogP contribution in [0.3, 0.4) is 0 Å². The Balaban J connectivity index is 1.43. The minimum absolute atomic E-state index is 0.150. The van der Waals surface area contributed by atoms with Crippen molar-refractivity contribution >= 4 is 27.5 Å². The third kappa shape index (κ3) is 6.20. The fourth-order valence-corrected chi connectivity index (χ4v) is 4.41. The molecule has 3 N–H and O–H groups in total. The molecule has 0 heterocycles. The summed E-state index contributed by atoms with van der Waals surface area (Å²) in [6.45, 7) is 0. The number of carbonyl (C=O) groups excluding carboxylic acids is 2. The number of hydrogen-bond donors (Lipinski definition) is 3. The fourth-order valence-electron chi connectivity index (χ4n) is 3.33. The lowest BCUT2D eigenvalue weighted by atomic mass is 10.0. The van der Waals surface area contributed by atoms with E-state index >= 15 is 0 Å². The Morgan fingerprint density at radius 2 is 1.45 bits per heavy atom. The Bertz CT molecular complexity index is 1210. The summed E-state index contributed by atoms with van der Waals surface area (Å²) >= 11 is 0. The molecule has 170 valence electrons. The van der Waals surface area contributed by atoms with Crippen molar-refractivity contribution in [3.05, 3.63) is 96.1 Å². The van der Waals surface area contributed by atoms with Gasteiger partial charge in [-0.15, -0.1) is 0 Å². The van der Waals surface area contributed by atoms with E-state index in [0.717, 1.165) is 18.4 Å². The van der Waals surface area contributed by atoms with E-state index < -0.39 is 22.0 Å². The minimum atomic E-state index is -3.72. The van der Waals surface area contributed by atoms with Gasteiger partial charge in [-0.05, 0) is 54.8 Å². The van der Waals surface area contributed by atoms with Gasteiger partial charge in [-0.1, -0.05) is 48.5 Å². The van der Waals surface area contributed by atoms with Crippen molar-refractivity contribution < 1.29 is 18.0 Å². The lowest BCUT2D eigenvalue weighted by Crippen LogP contribution is -2.48. The fraction of sp³-hybridized carbons (Fsp3) is 0.200. The average molecular weight is 464 g/mol. The molecule has 0 aliphatic heterocycles. The summed E-state index contributed by atoms with van der Waals surface area (Å²) in [5, 5.41) is 5.77. The maximum Gasteiger partial charge on any atom is 0.261 e. The topological polar surface area (TPSA) is 104 Å². The first kappa shape index (κ1) is 22.5. The average Bonchev–Trinajstić information content (AvgIpc) is 3.64. The van der Waals surface area contributed by atoms with Crippen LogP contribution in [-0.4, -0.2) is 32.3 Å². The molecule has 0 aromatic heterocycles. The first-order valence-electron chi connectivity index (χ1n) is 10.7. The van der Waals surface area contributed by atoms with Crippen LogP contribution < -0.4 is 15.4 Å². The lowest BCUT2D eigenvalue weighted by Gasteiger charge is -2.19. The van der Waals surface area contributed by atoms with Crippen LogP contribution in [0.2, 0.25) is 0 Å². The van der Waals surface area contributed by atoms with Gasteiger partial charge < -0.3 is 10.6 Å². The van der Waals surface area contributed by atoms with Crippen molar-refractivity contribution in [3.8, 4) is 0 Å². The van der Waals surface area contributed by atoms with Crippen LogP contribution in [0.5, 0.6) is 0 Å². The summed E-state index contributed by atoms with van der Waals surface area (Å²) in [6, 6.07) is 23.1. The van der Waals surface area contributed by atoms with Crippen LogP contribution in [0, 0.1) is 0 Å². The van der Waals surface area contributed by atoms with Crippen LogP contribution in [0.25, 0.3) is 0 Å². The molecule has 1 fully saturated rings. The predicted molar refractivity (Wildman–Crippen MR) is 126 cm³/mol. The van der Waals surface area contributed by atoms with E-state index in [2.05, 4.69) is 15.4 Å². The largest absolute Gasteiger partial charge is 0.352 e. The molecule has 0 saturated heterocycles. The molecule has 4 rings (SSSR count). The first-order valence-corrected chi connectivity index (χ1v) is 12.2. The Morgan fingerprint density at radius 1 is 0.848 bits per heavy atom. The molecular formula is C25H25N3O4S. The summed E-state index contributed by atoms with van der Waals surface area (Å²) in [5.41, 5.74) is 1.61. The number of benzene rings is 3. The molecular weight excluding hydrogens is 438 g/mol. The molecule has 3 aromatic rings.